The monoisotopic (exact) mass is 146 g/mol. The molecule has 10 heavy (non-hydrogen) atoms. The third-order valence-electron chi connectivity index (χ3n) is 1.78. The molecule has 62 valence electrons. The van der Waals surface area contributed by atoms with Crippen molar-refractivity contribution in [3.63, 3.8) is 0 Å². The van der Waals surface area contributed by atoms with E-state index >= 15 is 0 Å². The second kappa shape index (κ2) is 3.91. The molecule has 0 saturated carbocycles. The Kier molecular flexibility index (Phi) is 3.86. The summed E-state index contributed by atoms with van der Waals surface area (Å²) in [5.74, 6) is 0. The lowest BCUT2D eigenvalue weighted by Crippen LogP contribution is -2.40. The minimum atomic E-state index is -0.449. The molecule has 0 aromatic rings. The van der Waals surface area contributed by atoms with E-state index in [1.54, 1.807) is 0 Å². The van der Waals surface area contributed by atoms with E-state index in [2.05, 4.69) is 0 Å². The fourth-order valence-electron chi connectivity index (χ4n) is 0.766. The number of rotatable bonds is 4. The average molecular weight is 146 g/mol. The third kappa shape index (κ3) is 3.82. The number of aliphatic hydroxyl groups excluding tert-OH is 1. The van der Waals surface area contributed by atoms with Crippen LogP contribution in [0.5, 0.6) is 0 Å². The molecule has 2 unspecified atom stereocenters. The van der Waals surface area contributed by atoms with Crippen molar-refractivity contribution in [1.82, 2.24) is 0 Å². The Labute approximate surface area is 62.4 Å². The van der Waals surface area contributed by atoms with Gasteiger partial charge >= 0.3 is 0 Å². The molecule has 0 aliphatic carbocycles. The van der Waals surface area contributed by atoms with Gasteiger partial charge < -0.3 is 16.6 Å². The van der Waals surface area contributed by atoms with Crippen LogP contribution >= 0.6 is 0 Å². The molecule has 0 rings (SSSR count). The van der Waals surface area contributed by atoms with Crippen molar-refractivity contribution in [3.8, 4) is 0 Å². The summed E-state index contributed by atoms with van der Waals surface area (Å²) in [4.78, 5) is 0. The van der Waals surface area contributed by atoms with Crippen molar-refractivity contribution >= 4 is 0 Å². The Bertz CT molecular complexity index is 93.6. The summed E-state index contributed by atoms with van der Waals surface area (Å²) in [6.45, 7) is 4.22. The Morgan fingerprint density at radius 3 is 2.40 bits per heavy atom. The van der Waals surface area contributed by atoms with E-state index in [4.69, 9.17) is 16.6 Å². The molecule has 0 aliphatic rings. The van der Waals surface area contributed by atoms with Crippen LogP contribution in [0.4, 0.5) is 0 Å². The minimum Gasteiger partial charge on any atom is -0.392 e. The van der Waals surface area contributed by atoms with Crippen molar-refractivity contribution in [2.24, 2.45) is 11.5 Å². The van der Waals surface area contributed by atoms with Crippen LogP contribution in [-0.2, 0) is 0 Å². The Hall–Kier alpha value is -0.120. The summed E-state index contributed by atoms with van der Waals surface area (Å²) in [5, 5.41) is 9.12. The number of aliphatic hydroxyl groups is 1. The highest BCUT2D eigenvalue weighted by molar-refractivity contribution is 4.80. The van der Waals surface area contributed by atoms with Gasteiger partial charge in [0.25, 0.3) is 0 Å². The van der Waals surface area contributed by atoms with E-state index in [1.807, 2.05) is 13.8 Å². The van der Waals surface area contributed by atoms with E-state index in [9.17, 15) is 0 Å². The fraction of sp³-hybridized carbons (Fsp3) is 1.00. The molecule has 2 atom stereocenters. The molecular weight excluding hydrogens is 128 g/mol. The molecular formula is C7H18N2O. The van der Waals surface area contributed by atoms with Gasteiger partial charge in [-0.2, -0.15) is 0 Å². The van der Waals surface area contributed by atoms with Crippen molar-refractivity contribution in [1.29, 1.82) is 0 Å². The lowest BCUT2D eigenvalue weighted by atomic mass is 9.93. The summed E-state index contributed by atoms with van der Waals surface area (Å²) in [7, 11) is 0. The molecule has 0 spiro atoms. The quantitative estimate of drug-likeness (QED) is 0.515. The first kappa shape index (κ1) is 9.88. The first-order valence-corrected chi connectivity index (χ1v) is 3.69. The Morgan fingerprint density at radius 2 is 2.10 bits per heavy atom. The number of hydrogen-bond donors (Lipinski definition) is 3. The Balaban J connectivity index is 3.64. The van der Waals surface area contributed by atoms with Gasteiger partial charge in [0.1, 0.15) is 0 Å². The van der Waals surface area contributed by atoms with Crippen LogP contribution in [0.2, 0.25) is 0 Å². The van der Waals surface area contributed by atoms with Crippen LogP contribution < -0.4 is 11.5 Å². The molecule has 3 nitrogen and oxygen atoms in total. The van der Waals surface area contributed by atoms with Crippen LogP contribution in [-0.4, -0.2) is 23.3 Å². The third-order valence-corrected chi connectivity index (χ3v) is 1.78. The van der Waals surface area contributed by atoms with Crippen molar-refractivity contribution in [2.45, 2.75) is 38.3 Å². The second-order valence-electron chi connectivity index (χ2n) is 3.10. The predicted molar refractivity (Wildman–Crippen MR) is 42.6 cm³/mol. The molecule has 0 heterocycles. The van der Waals surface area contributed by atoms with Crippen LogP contribution in [0, 0.1) is 0 Å². The fourth-order valence-corrected chi connectivity index (χ4v) is 0.766. The van der Waals surface area contributed by atoms with Gasteiger partial charge in [-0.05, 0) is 19.8 Å². The Morgan fingerprint density at radius 1 is 1.60 bits per heavy atom. The highest BCUT2D eigenvalue weighted by Gasteiger charge is 2.19. The highest BCUT2D eigenvalue weighted by Crippen LogP contribution is 2.11. The first-order valence-electron chi connectivity index (χ1n) is 3.69. The molecule has 0 aromatic carbocycles. The molecule has 0 aliphatic heterocycles. The van der Waals surface area contributed by atoms with Gasteiger partial charge in [0, 0.05) is 12.1 Å². The summed E-state index contributed by atoms with van der Waals surface area (Å²) < 4.78 is 0. The van der Waals surface area contributed by atoms with Crippen molar-refractivity contribution < 1.29 is 5.11 Å². The van der Waals surface area contributed by atoms with Crippen LogP contribution in [0.15, 0.2) is 0 Å². The van der Waals surface area contributed by atoms with Crippen molar-refractivity contribution in [2.75, 3.05) is 6.54 Å². The van der Waals surface area contributed by atoms with Gasteiger partial charge in [-0.3, -0.25) is 0 Å². The zero-order valence-corrected chi connectivity index (χ0v) is 6.80. The molecule has 0 bridgehead atoms. The largest absolute Gasteiger partial charge is 0.392 e. The zero-order chi connectivity index (χ0) is 8.20. The highest BCUT2D eigenvalue weighted by atomic mass is 16.3. The van der Waals surface area contributed by atoms with Crippen LogP contribution in [0.1, 0.15) is 26.7 Å². The van der Waals surface area contributed by atoms with E-state index < -0.39 is 6.10 Å². The second-order valence-corrected chi connectivity index (χ2v) is 3.10. The number of hydrogen-bond acceptors (Lipinski definition) is 3. The smallest absolute Gasteiger partial charge is 0.0679 e. The maximum Gasteiger partial charge on any atom is 0.0679 e. The lowest BCUT2D eigenvalue weighted by Gasteiger charge is -2.24. The van der Waals surface area contributed by atoms with Gasteiger partial charge in [-0.15, -0.1) is 0 Å². The SMILES string of the molecule is CCC(C)(N)CC(O)CN. The van der Waals surface area contributed by atoms with Crippen LogP contribution in [0.25, 0.3) is 0 Å². The topological polar surface area (TPSA) is 72.3 Å². The van der Waals surface area contributed by atoms with E-state index in [0.29, 0.717) is 13.0 Å². The van der Waals surface area contributed by atoms with Gasteiger partial charge in [-0.1, -0.05) is 6.92 Å². The summed E-state index contributed by atoms with van der Waals surface area (Å²) in [5.41, 5.74) is 10.7. The van der Waals surface area contributed by atoms with E-state index in [1.165, 1.54) is 0 Å². The summed E-state index contributed by atoms with van der Waals surface area (Å²) in [6.07, 6.45) is 0.999. The summed E-state index contributed by atoms with van der Waals surface area (Å²) in [6, 6.07) is 0. The maximum atomic E-state index is 9.12. The molecule has 0 saturated heterocycles. The maximum absolute atomic E-state index is 9.12. The molecule has 3 heteroatoms. The molecule has 0 radical (unpaired) electrons. The van der Waals surface area contributed by atoms with E-state index in [0.717, 1.165) is 6.42 Å². The van der Waals surface area contributed by atoms with Gasteiger partial charge in [0.05, 0.1) is 6.10 Å². The average Bonchev–Trinajstić information content (AvgIpc) is 1.87. The van der Waals surface area contributed by atoms with Gasteiger partial charge in [-0.25, -0.2) is 0 Å². The van der Waals surface area contributed by atoms with Gasteiger partial charge in [0.15, 0.2) is 0 Å². The standard InChI is InChI=1S/C7H18N2O/c1-3-7(2,9)4-6(10)5-8/h6,10H,3-5,8-9H2,1-2H3. The van der Waals surface area contributed by atoms with Gasteiger partial charge in [0.2, 0.25) is 0 Å². The lowest BCUT2D eigenvalue weighted by molar-refractivity contribution is 0.142. The van der Waals surface area contributed by atoms with Crippen molar-refractivity contribution in [3.05, 3.63) is 0 Å². The van der Waals surface area contributed by atoms with E-state index in [-0.39, 0.29) is 5.54 Å². The normalized spacial score (nSPS) is 20.1. The summed E-state index contributed by atoms with van der Waals surface area (Å²) >= 11 is 0. The molecule has 0 amide bonds. The number of nitrogens with two attached hydrogens (primary N) is 2. The minimum absolute atomic E-state index is 0.265. The first-order chi connectivity index (χ1) is 4.52. The molecule has 0 aromatic heterocycles. The molecule has 5 N–H and O–H groups in total. The van der Waals surface area contributed by atoms with Crippen LogP contribution in [0.3, 0.4) is 0 Å². The predicted octanol–water partition coefficient (Wildman–Crippen LogP) is -0.176. The molecule has 0 fully saturated rings. The zero-order valence-electron chi connectivity index (χ0n) is 6.80.